The Bertz CT molecular complexity index is 340. The molecule has 0 saturated carbocycles. The van der Waals surface area contributed by atoms with Crippen molar-refractivity contribution < 1.29 is 9.53 Å². The molecule has 0 aromatic rings. The number of unbranched alkanes of at least 4 members (excludes halogenated alkanes) is 1. The molecule has 2 aliphatic heterocycles. The maximum Gasteiger partial charge on any atom is 0.325 e. The number of rotatable bonds is 7. The average molecular weight is 297 g/mol. The highest BCUT2D eigenvalue weighted by Crippen LogP contribution is 2.21. The Morgan fingerprint density at radius 1 is 1.29 bits per heavy atom. The first-order valence-corrected chi connectivity index (χ1v) is 8.36. The minimum absolute atomic E-state index is 0.308. The molecule has 0 bridgehead atoms. The van der Waals surface area contributed by atoms with Crippen molar-refractivity contribution in [3.05, 3.63) is 0 Å². The second-order valence-corrected chi connectivity index (χ2v) is 6.85. The van der Waals surface area contributed by atoms with E-state index in [0.29, 0.717) is 6.42 Å². The summed E-state index contributed by atoms with van der Waals surface area (Å²) in [6.07, 6.45) is 6.85. The van der Waals surface area contributed by atoms with Gasteiger partial charge in [-0.1, -0.05) is 0 Å². The molecule has 5 nitrogen and oxygen atoms in total. The van der Waals surface area contributed by atoms with Crippen molar-refractivity contribution in [1.29, 1.82) is 0 Å². The molecule has 2 aliphatic rings. The van der Waals surface area contributed by atoms with Crippen LogP contribution < -0.4 is 5.73 Å². The van der Waals surface area contributed by atoms with Gasteiger partial charge in [0.1, 0.15) is 5.54 Å². The Kier molecular flexibility index (Phi) is 6.02. The molecule has 0 aromatic heterocycles. The second kappa shape index (κ2) is 7.56. The van der Waals surface area contributed by atoms with E-state index in [1.165, 1.54) is 52.6 Å². The van der Waals surface area contributed by atoms with Gasteiger partial charge in [-0.2, -0.15) is 0 Å². The van der Waals surface area contributed by atoms with Gasteiger partial charge in [0.25, 0.3) is 0 Å². The second-order valence-electron chi connectivity index (χ2n) is 6.85. The predicted molar refractivity (Wildman–Crippen MR) is 84.1 cm³/mol. The number of hydrogen-bond acceptors (Lipinski definition) is 5. The van der Waals surface area contributed by atoms with Crippen LogP contribution in [0, 0.1) is 0 Å². The first-order chi connectivity index (χ1) is 10.0. The van der Waals surface area contributed by atoms with Crippen molar-refractivity contribution in [1.82, 2.24) is 9.80 Å². The van der Waals surface area contributed by atoms with E-state index in [1.54, 1.807) is 6.92 Å². The van der Waals surface area contributed by atoms with E-state index in [4.69, 9.17) is 10.5 Å². The summed E-state index contributed by atoms with van der Waals surface area (Å²) in [5.41, 5.74) is 5.14. The van der Waals surface area contributed by atoms with E-state index in [-0.39, 0.29) is 5.97 Å². The van der Waals surface area contributed by atoms with E-state index in [2.05, 4.69) is 9.80 Å². The molecule has 2 fully saturated rings. The lowest BCUT2D eigenvalue weighted by atomic mass is 9.96. The number of methoxy groups -OCH3 is 1. The van der Waals surface area contributed by atoms with Gasteiger partial charge < -0.3 is 15.4 Å². The zero-order valence-corrected chi connectivity index (χ0v) is 13.6. The van der Waals surface area contributed by atoms with Gasteiger partial charge in [0.05, 0.1) is 7.11 Å². The third-order valence-corrected chi connectivity index (χ3v) is 4.98. The van der Waals surface area contributed by atoms with Crippen molar-refractivity contribution in [3.8, 4) is 0 Å². The topological polar surface area (TPSA) is 58.8 Å². The van der Waals surface area contributed by atoms with Crippen molar-refractivity contribution in [2.75, 3.05) is 39.8 Å². The summed E-state index contributed by atoms with van der Waals surface area (Å²) in [5.74, 6) is -0.308. The minimum atomic E-state index is -0.835. The number of hydrogen-bond donors (Lipinski definition) is 1. The standard InChI is InChI=1S/C16H31N3O2/c1-16(17,15(20)21-2)8-3-4-9-18-12-7-14(13-18)19-10-5-6-11-19/h14H,3-13,17H2,1-2H3. The molecule has 0 spiro atoms. The summed E-state index contributed by atoms with van der Waals surface area (Å²) in [6.45, 7) is 7.92. The summed E-state index contributed by atoms with van der Waals surface area (Å²) in [6, 6.07) is 0.780. The molecule has 2 rings (SSSR count). The summed E-state index contributed by atoms with van der Waals surface area (Å²) < 4.78 is 4.74. The van der Waals surface area contributed by atoms with Gasteiger partial charge in [-0.3, -0.25) is 9.69 Å². The summed E-state index contributed by atoms with van der Waals surface area (Å²) in [5, 5.41) is 0. The monoisotopic (exact) mass is 297 g/mol. The quantitative estimate of drug-likeness (QED) is 0.565. The molecule has 0 radical (unpaired) electrons. The van der Waals surface area contributed by atoms with Gasteiger partial charge in [-0.25, -0.2) is 0 Å². The number of likely N-dealkylation sites (tertiary alicyclic amines) is 2. The molecule has 5 heteroatoms. The zero-order valence-electron chi connectivity index (χ0n) is 13.6. The van der Waals surface area contributed by atoms with Crippen LogP contribution in [0.25, 0.3) is 0 Å². The first-order valence-electron chi connectivity index (χ1n) is 8.36. The third kappa shape index (κ3) is 4.66. The molecule has 21 heavy (non-hydrogen) atoms. The van der Waals surface area contributed by atoms with E-state index < -0.39 is 5.54 Å². The summed E-state index contributed by atoms with van der Waals surface area (Å²) in [7, 11) is 1.40. The normalized spacial score (nSPS) is 26.9. The highest BCUT2D eigenvalue weighted by Gasteiger charge is 2.30. The molecule has 122 valence electrons. The summed E-state index contributed by atoms with van der Waals surface area (Å²) >= 11 is 0. The van der Waals surface area contributed by atoms with Crippen molar-refractivity contribution in [2.45, 2.75) is 57.0 Å². The van der Waals surface area contributed by atoms with Crippen LogP contribution in [-0.2, 0) is 9.53 Å². The molecule has 0 aromatic carbocycles. The average Bonchev–Trinajstić information content (AvgIpc) is 3.13. The highest BCUT2D eigenvalue weighted by molar-refractivity contribution is 5.79. The number of esters is 1. The lowest BCUT2D eigenvalue weighted by Crippen LogP contribution is -2.45. The van der Waals surface area contributed by atoms with Crippen LogP contribution in [0.3, 0.4) is 0 Å². The molecule has 2 heterocycles. The van der Waals surface area contributed by atoms with Gasteiger partial charge in [0.2, 0.25) is 0 Å². The molecule has 0 aliphatic carbocycles. The maximum absolute atomic E-state index is 11.5. The maximum atomic E-state index is 11.5. The number of ether oxygens (including phenoxy) is 1. The Morgan fingerprint density at radius 2 is 2.00 bits per heavy atom. The van der Waals surface area contributed by atoms with Crippen LogP contribution in [0.15, 0.2) is 0 Å². The van der Waals surface area contributed by atoms with Gasteiger partial charge in [0, 0.05) is 12.6 Å². The molecule has 0 amide bonds. The Labute approximate surface area is 128 Å². The van der Waals surface area contributed by atoms with Crippen LogP contribution in [0.1, 0.15) is 45.4 Å². The molecule has 2 atom stereocenters. The van der Waals surface area contributed by atoms with Gasteiger partial charge in [-0.05, 0) is 71.6 Å². The smallest absolute Gasteiger partial charge is 0.325 e. The van der Waals surface area contributed by atoms with Crippen LogP contribution in [-0.4, -0.2) is 67.2 Å². The first kappa shape index (κ1) is 16.7. The number of carbonyl (C=O) groups is 1. The highest BCUT2D eigenvalue weighted by atomic mass is 16.5. The van der Waals surface area contributed by atoms with E-state index in [0.717, 1.165) is 25.4 Å². The SMILES string of the molecule is COC(=O)C(C)(N)CCCCN1CCC(N2CCCC2)C1. The van der Waals surface area contributed by atoms with Crippen LogP contribution in [0.2, 0.25) is 0 Å². The van der Waals surface area contributed by atoms with E-state index in [1.807, 2.05) is 0 Å². The lowest BCUT2D eigenvalue weighted by molar-refractivity contribution is -0.146. The lowest BCUT2D eigenvalue weighted by Gasteiger charge is -2.24. The molecular weight excluding hydrogens is 266 g/mol. The third-order valence-electron chi connectivity index (χ3n) is 4.98. The fourth-order valence-corrected chi connectivity index (χ4v) is 3.58. The minimum Gasteiger partial charge on any atom is -0.468 e. The van der Waals surface area contributed by atoms with Crippen molar-refractivity contribution in [2.24, 2.45) is 5.73 Å². The molecular formula is C16H31N3O2. The van der Waals surface area contributed by atoms with Gasteiger partial charge >= 0.3 is 5.97 Å². The summed E-state index contributed by atoms with van der Waals surface area (Å²) in [4.78, 5) is 16.7. The van der Waals surface area contributed by atoms with Gasteiger partial charge in [0.15, 0.2) is 0 Å². The fourth-order valence-electron chi connectivity index (χ4n) is 3.58. The van der Waals surface area contributed by atoms with Crippen LogP contribution in [0.5, 0.6) is 0 Å². The Balaban J connectivity index is 1.60. The Hall–Kier alpha value is -0.650. The number of nitrogens with zero attached hydrogens (tertiary/aromatic N) is 2. The van der Waals surface area contributed by atoms with Crippen molar-refractivity contribution >= 4 is 5.97 Å². The largest absolute Gasteiger partial charge is 0.468 e. The number of nitrogens with two attached hydrogens (primary N) is 1. The zero-order chi connectivity index (χ0) is 15.3. The van der Waals surface area contributed by atoms with E-state index in [9.17, 15) is 4.79 Å². The van der Waals surface area contributed by atoms with Crippen LogP contribution >= 0.6 is 0 Å². The number of carbonyl (C=O) groups excluding carboxylic acids is 1. The molecule has 2 saturated heterocycles. The molecule has 2 N–H and O–H groups in total. The fraction of sp³-hybridized carbons (Fsp3) is 0.938. The van der Waals surface area contributed by atoms with Crippen LogP contribution in [0.4, 0.5) is 0 Å². The van der Waals surface area contributed by atoms with Gasteiger partial charge in [-0.15, -0.1) is 0 Å². The van der Waals surface area contributed by atoms with Crippen molar-refractivity contribution in [3.63, 3.8) is 0 Å². The predicted octanol–water partition coefficient (Wildman–Crippen LogP) is 1.22. The Morgan fingerprint density at radius 3 is 2.67 bits per heavy atom. The molecule has 2 unspecified atom stereocenters. The van der Waals surface area contributed by atoms with E-state index >= 15 is 0 Å².